The van der Waals surface area contributed by atoms with Gasteiger partial charge in [0.1, 0.15) is 18.9 Å². The van der Waals surface area contributed by atoms with Crippen molar-refractivity contribution in [2.24, 2.45) is 5.92 Å². The highest BCUT2D eigenvalue weighted by molar-refractivity contribution is 6.90. The van der Waals surface area contributed by atoms with Crippen LogP contribution in [0.2, 0.25) is 19.1 Å². The maximum absolute atomic E-state index is 12.9. The molecule has 0 fully saturated rings. The highest BCUT2D eigenvalue weighted by atomic mass is 28.3. The third-order valence-corrected chi connectivity index (χ3v) is 8.57. The second-order valence-electron chi connectivity index (χ2n) is 8.63. The van der Waals surface area contributed by atoms with E-state index in [1.165, 1.54) is 5.19 Å². The van der Waals surface area contributed by atoms with E-state index in [0.29, 0.717) is 6.04 Å². The summed E-state index contributed by atoms with van der Waals surface area (Å²) >= 11 is 0. The molecule has 0 aromatic heterocycles. The summed E-state index contributed by atoms with van der Waals surface area (Å²) in [5.41, 5.74) is 0.859. The number of carbonyl (C=O) groups is 3. The molecule has 0 heterocycles. The third-order valence-electron chi connectivity index (χ3n) is 5.21. The highest BCUT2D eigenvalue weighted by Crippen LogP contribution is 2.13. The summed E-state index contributed by atoms with van der Waals surface area (Å²) in [4.78, 5) is 36.8. The van der Waals surface area contributed by atoms with E-state index in [2.05, 4.69) is 35.9 Å². The molecule has 0 aliphatic heterocycles. The number of hydrogen-bond donors (Lipinski definition) is 2. The number of aldehydes is 1. The monoisotopic (exact) mass is 440 g/mol. The second kappa shape index (κ2) is 11.5. The van der Waals surface area contributed by atoms with Crippen LogP contribution in [0.3, 0.4) is 0 Å². The molecule has 0 spiro atoms. The second-order valence-corrected chi connectivity index (χ2v) is 13.4. The summed E-state index contributed by atoms with van der Waals surface area (Å²) in [6.07, 6.45) is 0.111. The standard InChI is InChI=1S/C24H32N2O4Si/c1-18(2)22(26-24(29)30-16-19-11-7-5-8-12-19)23(28)25-20(15-27)17-31(3,4)21-13-9-6-10-14-21/h5-15,18,20,22H,16-17H2,1-4H3,(H,25,28)(H,26,29)/t20?,22-/m0/s1. The van der Waals surface area contributed by atoms with Gasteiger partial charge < -0.3 is 20.2 Å². The van der Waals surface area contributed by atoms with Crippen LogP contribution in [-0.2, 0) is 20.9 Å². The summed E-state index contributed by atoms with van der Waals surface area (Å²) in [5, 5.41) is 6.66. The van der Waals surface area contributed by atoms with Gasteiger partial charge in [0.05, 0.1) is 14.1 Å². The van der Waals surface area contributed by atoms with Crippen molar-refractivity contribution in [2.45, 2.75) is 51.7 Å². The molecule has 2 aromatic carbocycles. The zero-order chi connectivity index (χ0) is 22.9. The average molecular weight is 441 g/mol. The van der Waals surface area contributed by atoms with Crippen molar-refractivity contribution in [3.8, 4) is 0 Å². The lowest BCUT2D eigenvalue weighted by Crippen LogP contribution is -2.55. The fraction of sp³-hybridized carbons (Fsp3) is 0.375. The van der Waals surface area contributed by atoms with E-state index in [1.54, 1.807) is 0 Å². The fourth-order valence-corrected chi connectivity index (χ4v) is 6.02. The van der Waals surface area contributed by atoms with Crippen molar-refractivity contribution >= 4 is 31.5 Å². The molecule has 166 valence electrons. The van der Waals surface area contributed by atoms with Crippen LogP contribution in [0.4, 0.5) is 4.79 Å². The minimum absolute atomic E-state index is 0.118. The van der Waals surface area contributed by atoms with E-state index in [0.717, 1.165) is 11.8 Å². The molecule has 0 aliphatic rings. The van der Waals surface area contributed by atoms with Crippen LogP contribution in [0, 0.1) is 5.92 Å². The number of nitrogens with one attached hydrogen (secondary N) is 2. The number of amides is 2. The smallest absolute Gasteiger partial charge is 0.408 e. The van der Waals surface area contributed by atoms with E-state index in [1.807, 2.05) is 62.4 Å². The Morgan fingerprint density at radius 1 is 0.968 bits per heavy atom. The van der Waals surface area contributed by atoms with Gasteiger partial charge in [-0.05, 0) is 17.5 Å². The lowest BCUT2D eigenvalue weighted by Gasteiger charge is -2.28. The van der Waals surface area contributed by atoms with E-state index < -0.39 is 26.3 Å². The number of benzene rings is 2. The number of carbonyl (C=O) groups excluding carboxylic acids is 3. The molecule has 0 aliphatic carbocycles. The normalized spacial score (nSPS) is 13.2. The topological polar surface area (TPSA) is 84.5 Å². The van der Waals surface area contributed by atoms with Gasteiger partial charge in [-0.25, -0.2) is 4.79 Å². The Balaban J connectivity index is 1.96. The van der Waals surface area contributed by atoms with E-state index in [4.69, 9.17) is 4.74 Å². The molecule has 2 aromatic rings. The zero-order valence-corrected chi connectivity index (χ0v) is 19.6. The van der Waals surface area contributed by atoms with Gasteiger partial charge in [-0.2, -0.15) is 0 Å². The van der Waals surface area contributed by atoms with Gasteiger partial charge in [-0.1, -0.05) is 92.8 Å². The lowest BCUT2D eigenvalue weighted by atomic mass is 10.0. The third kappa shape index (κ3) is 7.68. The quantitative estimate of drug-likeness (QED) is 0.439. The summed E-state index contributed by atoms with van der Waals surface area (Å²) in [6.45, 7) is 8.13. The van der Waals surface area contributed by atoms with Crippen LogP contribution in [0.1, 0.15) is 19.4 Å². The molecule has 31 heavy (non-hydrogen) atoms. The molecule has 6 nitrogen and oxygen atoms in total. The van der Waals surface area contributed by atoms with E-state index in [9.17, 15) is 14.4 Å². The molecule has 2 amide bonds. The summed E-state index contributed by atoms with van der Waals surface area (Å²) < 4.78 is 5.24. The molecule has 1 unspecified atom stereocenters. The highest BCUT2D eigenvalue weighted by Gasteiger charge is 2.31. The number of hydrogen-bond acceptors (Lipinski definition) is 4. The minimum atomic E-state index is -1.93. The van der Waals surface area contributed by atoms with Crippen molar-refractivity contribution in [1.82, 2.24) is 10.6 Å². The largest absolute Gasteiger partial charge is 0.445 e. The molecule has 7 heteroatoms. The SMILES string of the molecule is CC(C)[C@H](NC(=O)OCc1ccccc1)C(=O)NC(C=O)C[Si](C)(C)c1ccccc1. The van der Waals surface area contributed by atoms with Gasteiger partial charge in [0.15, 0.2) is 0 Å². The molecular formula is C24H32N2O4Si. The first-order valence-electron chi connectivity index (χ1n) is 10.5. The van der Waals surface area contributed by atoms with Gasteiger partial charge in [0, 0.05) is 0 Å². The van der Waals surface area contributed by atoms with Gasteiger partial charge in [-0.15, -0.1) is 0 Å². The molecule has 0 bridgehead atoms. The maximum Gasteiger partial charge on any atom is 0.408 e. The van der Waals surface area contributed by atoms with Crippen LogP contribution in [-0.4, -0.2) is 38.4 Å². The Kier molecular flexibility index (Phi) is 8.99. The van der Waals surface area contributed by atoms with E-state index in [-0.39, 0.29) is 18.4 Å². The first-order chi connectivity index (χ1) is 14.7. The Morgan fingerprint density at radius 3 is 2.10 bits per heavy atom. The molecule has 0 saturated carbocycles. The van der Waals surface area contributed by atoms with Gasteiger partial charge >= 0.3 is 6.09 Å². The number of ether oxygens (including phenoxy) is 1. The fourth-order valence-electron chi connectivity index (χ4n) is 3.39. The first-order valence-corrected chi connectivity index (χ1v) is 13.7. The van der Waals surface area contributed by atoms with Crippen molar-refractivity contribution in [2.75, 3.05) is 0 Å². The van der Waals surface area contributed by atoms with Gasteiger partial charge in [0.25, 0.3) is 0 Å². The molecule has 0 radical (unpaired) electrons. The lowest BCUT2D eigenvalue weighted by molar-refractivity contribution is -0.126. The Bertz CT molecular complexity index is 856. The molecule has 2 rings (SSSR count). The molecule has 2 atom stereocenters. The van der Waals surface area contributed by atoms with Crippen LogP contribution in [0.5, 0.6) is 0 Å². The van der Waals surface area contributed by atoms with Crippen LogP contribution >= 0.6 is 0 Å². The van der Waals surface area contributed by atoms with Crippen LogP contribution in [0.15, 0.2) is 60.7 Å². The van der Waals surface area contributed by atoms with E-state index >= 15 is 0 Å². The maximum atomic E-state index is 12.9. The summed E-state index contributed by atoms with van der Waals surface area (Å²) in [6, 6.07) is 18.5. The average Bonchev–Trinajstić information content (AvgIpc) is 2.76. The first kappa shape index (κ1) is 24.3. The van der Waals surface area contributed by atoms with Crippen molar-refractivity contribution < 1.29 is 19.1 Å². The van der Waals surface area contributed by atoms with Gasteiger partial charge in [-0.3, -0.25) is 4.79 Å². The Labute approximate surface area is 185 Å². The van der Waals surface area contributed by atoms with Crippen LogP contribution < -0.4 is 15.8 Å². The number of alkyl carbamates (subject to hydrolysis) is 1. The van der Waals surface area contributed by atoms with Crippen molar-refractivity contribution in [3.05, 3.63) is 66.2 Å². The van der Waals surface area contributed by atoms with Crippen molar-refractivity contribution in [3.63, 3.8) is 0 Å². The summed E-state index contributed by atoms with van der Waals surface area (Å²) in [5.74, 6) is -0.558. The summed E-state index contributed by atoms with van der Waals surface area (Å²) in [7, 11) is -1.93. The predicted molar refractivity (Wildman–Crippen MR) is 125 cm³/mol. The molecule has 0 saturated heterocycles. The predicted octanol–water partition coefficient (Wildman–Crippen LogP) is 3.24. The van der Waals surface area contributed by atoms with Crippen molar-refractivity contribution in [1.29, 1.82) is 0 Å². The molecular weight excluding hydrogens is 408 g/mol. The molecule has 2 N–H and O–H groups in total. The Morgan fingerprint density at radius 2 is 1.55 bits per heavy atom. The van der Waals surface area contributed by atoms with Gasteiger partial charge in [0.2, 0.25) is 5.91 Å². The zero-order valence-electron chi connectivity index (χ0n) is 18.6. The Hall–Kier alpha value is -2.93. The van der Waals surface area contributed by atoms with Crippen LogP contribution in [0.25, 0.3) is 0 Å². The number of rotatable bonds is 10. The minimum Gasteiger partial charge on any atom is -0.445 e.